The van der Waals surface area contributed by atoms with Gasteiger partial charge in [-0.25, -0.2) is 4.98 Å². The van der Waals surface area contributed by atoms with Crippen LogP contribution in [0.4, 0.5) is 0 Å². The minimum atomic E-state index is -0.360. The highest BCUT2D eigenvalue weighted by Crippen LogP contribution is 2.28. The smallest absolute Gasteiger partial charge is 0.244 e. The first kappa shape index (κ1) is 15.1. The molecule has 0 unspecified atom stereocenters. The minimum absolute atomic E-state index is 0.00630. The summed E-state index contributed by atoms with van der Waals surface area (Å²) in [5, 5.41) is 3.02. The molecule has 6 heteroatoms. The molecule has 1 saturated carbocycles. The van der Waals surface area contributed by atoms with E-state index in [1.54, 1.807) is 17.4 Å². The zero-order chi connectivity index (χ0) is 15.7. The molecule has 0 bridgehead atoms. The highest BCUT2D eigenvalue weighted by atomic mass is 16.2. The molecule has 2 aliphatic rings. The van der Waals surface area contributed by atoms with E-state index >= 15 is 0 Å². The summed E-state index contributed by atoms with van der Waals surface area (Å²) in [6, 6.07) is -0.360. The Kier molecular flexibility index (Phi) is 4.18. The number of aromatic nitrogens is 2. The van der Waals surface area contributed by atoms with E-state index in [1.165, 1.54) is 12.8 Å². The highest BCUT2D eigenvalue weighted by Gasteiger charge is 2.33. The second-order valence-electron chi connectivity index (χ2n) is 6.87. The molecule has 1 aliphatic heterocycles. The molecule has 6 nitrogen and oxygen atoms in total. The van der Waals surface area contributed by atoms with Crippen LogP contribution in [0.15, 0.2) is 12.5 Å². The lowest BCUT2D eigenvalue weighted by Crippen LogP contribution is -2.47. The largest absolute Gasteiger partial charge is 0.354 e. The average Bonchev–Trinajstić information content (AvgIpc) is 3.18. The molecule has 2 heterocycles. The van der Waals surface area contributed by atoms with Crippen LogP contribution in [0, 0.1) is 11.8 Å². The van der Waals surface area contributed by atoms with Crippen LogP contribution < -0.4 is 5.32 Å². The van der Waals surface area contributed by atoms with Gasteiger partial charge in [-0.2, -0.15) is 0 Å². The van der Waals surface area contributed by atoms with Crippen LogP contribution in [0.5, 0.6) is 0 Å². The minimum Gasteiger partial charge on any atom is -0.354 e. The van der Waals surface area contributed by atoms with Crippen LogP contribution in [-0.4, -0.2) is 39.4 Å². The summed E-state index contributed by atoms with van der Waals surface area (Å²) >= 11 is 0. The SMILES string of the molecule is CC(C)CC(=O)N1Cc2cncn2[C@@H](C(=O)NCC2CC2)C1. The van der Waals surface area contributed by atoms with Crippen LogP contribution in [0.2, 0.25) is 0 Å². The average molecular weight is 304 g/mol. The van der Waals surface area contributed by atoms with Crippen LogP contribution in [0.1, 0.15) is 44.8 Å². The van der Waals surface area contributed by atoms with Crippen molar-refractivity contribution in [2.24, 2.45) is 11.8 Å². The van der Waals surface area contributed by atoms with E-state index in [9.17, 15) is 9.59 Å². The van der Waals surface area contributed by atoms with Crippen molar-refractivity contribution in [2.45, 2.75) is 45.7 Å². The van der Waals surface area contributed by atoms with Gasteiger partial charge in [0, 0.05) is 19.2 Å². The number of carbonyl (C=O) groups excluding carboxylic acids is 2. The van der Waals surface area contributed by atoms with Gasteiger partial charge in [0.25, 0.3) is 0 Å². The molecular weight excluding hydrogens is 280 g/mol. The molecule has 0 aromatic carbocycles. The Bertz CT molecular complexity index is 562. The van der Waals surface area contributed by atoms with Crippen molar-refractivity contribution in [3.8, 4) is 0 Å². The van der Waals surface area contributed by atoms with Crippen molar-refractivity contribution in [3.05, 3.63) is 18.2 Å². The van der Waals surface area contributed by atoms with Crippen molar-refractivity contribution in [3.63, 3.8) is 0 Å². The Labute approximate surface area is 130 Å². The van der Waals surface area contributed by atoms with Gasteiger partial charge in [0.2, 0.25) is 11.8 Å². The monoisotopic (exact) mass is 304 g/mol. The molecule has 1 fully saturated rings. The predicted octanol–water partition coefficient (Wildman–Crippen LogP) is 1.34. The summed E-state index contributed by atoms with van der Waals surface area (Å²) in [5.41, 5.74) is 0.926. The summed E-state index contributed by atoms with van der Waals surface area (Å²) in [7, 11) is 0. The van der Waals surface area contributed by atoms with Gasteiger partial charge in [-0.15, -0.1) is 0 Å². The lowest BCUT2D eigenvalue weighted by Gasteiger charge is -2.34. The zero-order valence-electron chi connectivity index (χ0n) is 13.3. The molecule has 1 aromatic heterocycles. The molecule has 0 radical (unpaired) electrons. The molecular formula is C16H24N4O2. The van der Waals surface area contributed by atoms with Gasteiger partial charge < -0.3 is 14.8 Å². The summed E-state index contributed by atoms with van der Waals surface area (Å²) in [4.78, 5) is 30.8. The second kappa shape index (κ2) is 6.10. The van der Waals surface area contributed by atoms with E-state index in [0.717, 1.165) is 12.2 Å². The molecule has 120 valence electrons. The first-order valence-electron chi connectivity index (χ1n) is 8.10. The number of nitrogens with zero attached hydrogens (tertiary/aromatic N) is 3. The molecule has 1 N–H and O–H groups in total. The Morgan fingerprint density at radius 3 is 2.86 bits per heavy atom. The van der Waals surface area contributed by atoms with E-state index in [0.29, 0.717) is 31.3 Å². The number of fused-ring (bicyclic) bond motifs is 1. The fraction of sp³-hybridized carbons (Fsp3) is 0.688. The van der Waals surface area contributed by atoms with Gasteiger partial charge in [0.15, 0.2) is 0 Å². The third kappa shape index (κ3) is 3.31. The van der Waals surface area contributed by atoms with E-state index in [-0.39, 0.29) is 17.9 Å². The van der Waals surface area contributed by atoms with Gasteiger partial charge in [0.1, 0.15) is 6.04 Å². The second-order valence-corrected chi connectivity index (χ2v) is 6.87. The summed E-state index contributed by atoms with van der Waals surface area (Å²) in [6.07, 6.45) is 6.38. The Morgan fingerprint density at radius 2 is 2.18 bits per heavy atom. The number of hydrogen-bond donors (Lipinski definition) is 1. The quantitative estimate of drug-likeness (QED) is 0.892. The highest BCUT2D eigenvalue weighted by molar-refractivity contribution is 5.83. The van der Waals surface area contributed by atoms with Crippen LogP contribution in [0.3, 0.4) is 0 Å². The molecule has 1 aromatic rings. The fourth-order valence-electron chi connectivity index (χ4n) is 2.85. The molecule has 1 atom stereocenters. The maximum absolute atomic E-state index is 12.5. The Balaban J connectivity index is 1.71. The molecule has 3 rings (SSSR count). The van der Waals surface area contributed by atoms with Gasteiger partial charge in [0.05, 0.1) is 25.1 Å². The normalized spacial score (nSPS) is 20.9. The van der Waals surface area contributed by atoms with Crippen molar-refractivity contribution in [1.82, 2.24) is 19.8 Å². The Hall–Kier alpha value is -1.85. The predicted molar refractivity (Wildman–Crippen MR) is 81.9 cm³/mol. The number of amides is 2. The molecule has 0 spiro atoms. The van der Waals surface area contributed by atoms with E-state index < -0.39 is 0 Å². The number of hydrogen-bond acceptors (Lipinski definition) is 3. The van der Waals surface area contributed by atoms with Crippen molar-refractivity contribution >= 4 is 11.8 Å². The molecule has 22 heavy (non-hydrogen) atoms. The summed E-state index contributed by atoms with van der Waals surface area (Å²) in [5.74, 6) is 1.07. The third-order valence-electron chi connectivity index (χ3n) is 4.33. The van der Waals surface area contributed by atoms with Crippen LogP contribution in [0.25, 0.3) is 0 Å². The first-order chi connectivity index (χ1) is 10.5. The number of imidazole rings is 1. The van der Waals surface area contributed by atoms with Gasteiger partial charge in [-0.1, -0.05) is 13.8 Å². The van der Waals surface area contributed by atoms with Gasteiger partial charge in [-0.3, -0.25) is 9.59 Å². The van der Waals surface area contributed by atoms with E-state index in [2.05, 4.69) is 10.3 Å². The lowest BCUT2D eigenvalue weighted by molar-refractivity contribution is -0.136. The van der Waals surface area contributed by atoms with Gasteiger partial charge >= 0.3 is 0 Å². The summed E-state index contributed by atoms with van der Waals surface area (Å²) in [6.45, 7) is 5.79. The topological polar surface area (TPSA) is 67.2 Å². The van der Waals surface area contributed by atoms with Gasteiger partial charge in [-0.05, 0) is 24.7 Å². The zero-order valence-corrected chi connectivity index (χ0v) is 13.3. The fourth-order valence-corrected chi connectivity index (χ4v) is 2.85. The summed E-state index contributed by atoms with van der Waals surface area (Å²) < 4.78 is 1.90. The molecule has 2 amide bonds. The number of rotatable bonds is 5. The maximum Gasteiger partial charge on any atom is 0.244 e. The van der Waals surface area contributed by atoms with Crippen LogP contribution in [-0.2, 0) is 16.1 Å². The van der Waals surface area contributed by atoms with Crippen LogP contribution >= 0.6 is 0 Å². The van der Waals surface area contributed by atoms with E-state index in [1.807, 2.05) is 18.4 Å². The maximum atomic E-state index is 12.5. The van der Waals surface area contributed by atoms with Crippen molar-refractivity contribution in [2.75, 3.05) is 13.1 Å². The number of nitrogens with one attached hydrogen (secondary N) is 1. The third-order valence-corrected chi connectivity index (χ3v) is 4.33. The Morgan fingerprint density at radius 1 is 1.41 bits per heavy atom. The van der Waals surface area contributed by atoms with Crippen molar-refractivity contribution in [1.29, 1.82) is 0 Å². The lowest BCUT2D eigenvalue weighted by atomic mass is 10.1. The van der Waals surface area contributed by atoms with Crippen molar-refractivity contribution < 1.29 is 9.59 Å². The first-order valence-corrected chi connectivity index (χ1v) is 8.10. The molecule has 0 saturated heterocycles. The molecule has 1 aliphatic carbocycles. The van der Waals surface area contributed by atoms with E-state index in [4.69, 9.17) is 0 Å². The number of carbonyl (C=O) groups is 2. The standard InChI is InChI=1S/C16H24N4O2/c1-11(2)5-15(21)19-8-13-7-17-10-20(13)14(9-19)16(22)18-6-12-3-4-12/h7,10-12,14H,3-6,8-9H2,1-2H3,(H,18,22)/t14-/m1/s1.